The van der Waals surface area contributed by atoms with E-state index in [1.54, 1.807) is 0 Å². The highest BCUT2D eigenvalue weighted by Gasteiger charge is 2.25. The summed E-state index contributed by atoms with van der Waals surface area (Å²) in [7, 11) is -3.46. The number of sulfonamides is 1. The molecule has 5 heteroatoms. The molecule has 0 bridgehead atoms. The van der Waals surface area contributed by atoms with Crippen LogP contribution in [0.4, 0.5) is 5.69 Å². The van der Waals surface area contributed by atoms with Crippen LogP contribution in [0.3, 0.4) is 0 Å². The van der Waals surface area contributed by atoms with Gasteiger partial charge in [0.05, 0.1) is 5.41 Å². The summed E-state index contributed by atoms with van der Waals surface area (Å²) in [6, 6.07) is 28.2. The van der Waals surface area contributed by atoms with Gasteiger partial charge in [-0.15, -0.1) is 0 Å². The molecule has 0 N–H and O–H groups in total. The van der Waals surface area contributed by atoms with Crippen molar-refractivity contribution < 1.29 is 8.42 Å². The van der Waals surface area contributed by atoms with Gasteiger partial charge in [0.15, 0.2) is 0 Å². The van der Waals surface area contributed by atoms with Gasteiger partial charge in [-0.1, -0.05) is 72.5 Å². The van der Waals surface area contributed by atoms with Crippen LogP contribution in [0.5, 0.6) is 0 Å². The summed E-state index contributed by atoms with van der Waals surface area (Å²) in [6.45, 7) is 2.24. The third kappa shape index (κ3) is 5.43. The van der Waals surface area contributed by atoms with Crippen molar-refractivity contribution in [2.75, 3.05) is 31.1 Å². The number of hydrogen-bond acceptors (Lipinski definition) is 3. The Labute approximate surface area is 184 Å². The molecule has 0 amide bonds. The van der Waals surface area contributed by atoms with Gasteiger partial charge in [-0.05, 0) is 35.4 Å². The number of benzene rings is 3. The summed E-state index contributed by atoms with van der Waals surface area (Å²) in [5, 5.41) is 1.20. The van der Waals surface area contributed by atoms with Crippen LogP contribution >= 0.6 is 0 Å². The van der Waals surface area contributed by atoms with Gasteiger partial charge >= 0.3 is 0 Å². The van der Waals surface area contributed by atoms with Gasteiger partial charge in [-0.3, -0.25) is 0 Å². The van der Waals surface area contributed by atoms with Crippen molar-refractivity contribution in [3.63, 3.8) is 0 Å². The van der Waals surface area contributed by atoms with Crippen molar-refractivity contribution in [2.24, 2.45) is 0 Å². The summed E-state index contributed by atoms with van der Waals surface area (Å²) in [5.41, 5.74) is 4.33. The average molecular weight is 429 g/mol. The molecule has 4 nitrogen and oxygen atoms in total. The predicted molar refractivity (Wildman–Crippen MR) is 127 cm³/mol. The molecule has 156 valence electrons. The lowest BCUT2D eigenvalue weighted by Crippen LogP contribution is -2.48. The quantitative estimate of drug-likeness (QED) is 0.580. The second-order valence-electron chi connectivity index (χ2n) is 7.28. The first-order valence-corrected chi connectivity index (χ1v) is 11.8. The van der Waals surface area contributed by atoms with E-state index in [1.807, 2.05) is 48.5 Å². The summed E-state index contributed by atoms with van der Waals surface area (Å²) in [6.07, 6.45) is 1.41. The van der Waals surface area contributed by atoms with Gasteiger partial charge in [-0.2, -0.15) is 4.31 Å². The minimum absolute atomic E-state index is 0.458. The predicted octanol–water partition coefficient (Wildman–Crippen LogP) is 4.37. The normalized spacial score (nSPS) is 14.9. The minimum Gasteiger partial charge on any atom is -0.369 e. The molecule has 1 saturated heterocycles. The Hall–Kier alpha value is -3.33. The van der Waals surface area contributed by atoms with E-state index in [9.17, 15) is 8.42 Å². The van der Waals surface area contributed by atoms with Crippen molar-refractivity contribution in [1.29, 1.82) is 0 Å². The molecule has 31 heavy (non-hydrogen) atoms. The molecule has 0 radical (unpaired) electrons. The summed E-state index contributed by atoms with van der Waals surface area (Å²) in [5.74, 6) is 5.74. The summed E-state index contributed by atoms with van der Waals surface area (Å²) in [4.78, 5) is 2.22. The van der Waals surface area contributed by atoms with Crippen LogP contribution in [0, 0.1) is 11.8 Å². The maximum atomic E-state index is 12.6. The molecule has 1 aliphatic heterocycles. The maximum absolute atomic E-state index is 12.6. The fourth-order valence-electron chi connectivity index (χ4n) is 3.55. The lowest BCUT2D eigenvalue weighted by Gasteiger charge is -2.34. The minimum atomic E-state index is -3.46. The van der Waals surface area contributed by atoms with Crippen LogP contribution < -0.4 is 4.90 Å². The van der Waals surface area contributed by atoms with Crippen LogP contribution in [0.1, 0.15) is 5.56 Å². The number of nitrogens with zero attached hydrogens (tertiary/aromatic N) is 2. The lowest BCUT2D eigenvalue weighted by atomic mass is 10.1. The van der Waals surface area contributed by atoms with E-state index in [4.69, 9.17) is 0 Å². The van der Waals surface area contributed by atoms with E-state index in [0.717, 1.165) is 11.3 Å². The monoisotopic (exact) mass is 428 g/mol. The molecule has 0 spiro atoms. The Balaban J connectivity index is 1.34. The smallest absolute Gasteiger partial charge is 0.236 e. The molecular weight excluding hydrogens is 404 g/mol. The average Bonchev–Trinajstić information content (AvgIpc) is 2.83. The summed E-state index contributed by atoms with van der Waals surface area (Å²) < 4.78 is 26.7. The molecule has 0 saturated carbocycles. The van der Waals surface area contributed by atoms with Crippen LogP contribution in [0.25, 0.3) is 11.1 Å². The first-order valence-electron chi connectivity index (χ1n) is 10.3. The Bertz CT molecular complexity index is 1190. The molecule has 4 rings (SSSR count). The second-order valence-corrected chi connectivity index (χ2v) is 9.10. The van der Waals surface area contributed by atoms with Gasteiger partial charge in [-0.25, -0.2) is 8.42 Å². The SMILES string of the molecule is O=S(=O)(C=CC#Cc1ccccc1)N1CCN(c2ccc(-c3ccccc3)cc2)CC1. The van der Waals surface area contributed by atoms with E-state index in [0.29, 0.717) is 26.2 Å². The van der Waals surface area contributed by atoms with Crippen molar-refractivity contribution in [3.05, 3.63) is 102 Å². The van der Waals surface area contributed by atoms with Crippen molar-refractivity contribution in [1.82, 2.24) is 4.31 Å². The number of allylic oxidation sites excluding steroid dienone is 1. The van der Waals surface area contributed by atoms with Gasteiger partial charge in [0, 0.05) is 43.5 Å². The molecule has 0 aromatic heterocycles. The zero-order valence-electron chi connectivity index (χ0n) is 17.2. The molecule has 3 aromatic carbocycles. The van der Waals surface area contributed by atoms with Crippen molar-refractivity contribution >= 4 is 15.7 Å². The number of piperazine rings is 1. The molecular formula is C26H24N2O2S. The Morgan fingerprint density at radius 1 is 0.710 bits per heavy atom. The molecule has 0 aliphatic carbocycles. The molecule has 1 heterocycles. The fourth-order valence-corrected chi connectivity index (χ4v) is 4.63. The zero-order valence-corrected chi connectivity index (χ0v) is 18.0. The van der Waals surface area contributed by atoms with Crippen molar-refractivity contribution in [3.8, 4) is 23.0 Å². The number of hydrogen-bond donors (Lipinski definition) is 0. The Morgan fingerprint density at radius 3 is 1.94 bits per heavy atom. The van der Waals surface area contributed by atoms with E-state index in [1.165, 1.54) is 26.9 Å². The highest BCUT2D eigenvalue weighted by atomic mass is 32.2. The highest BCUT2D eigenvalue weighted by Crippen LogP contribution is 2.24. The molecule has 0 atom stereocenters. The Morgan fingerprint density at radius 2 is 1.29 bits per heavy atom. The van der Waals surface area contributed by atoms with Crippen LogP contribution in [-0.4, -0.2) is 38.9 Å². The van der Waals surface area contributed by atoms with Gasteiger partial charge in [0.25, 0.3) is 0 Å². The van der Waals surface area contributed by atoms with E-state index >= 15 is 0 Å². The third-order valence-electron chi connectivity index (χ3n) is 5.25. The van der Waals surface area contributed by atoms with Crippen molar-refractivity contribution in [2.45, 2.75) is 0 Å². The number of rotatable bonds is 4. The molecule has 0 unspecified atom stereocenters. The fraction of sp³-hybridized carbons (Fsp3) is 0.154. The zero-order chi connectivity index (χ0) is 21.5. The first-order chi connectivity index (χ1) is 15.1. The molecule has 3 aromatic rings. The van der Waals surface area contributed by atoms with Gasteiger partial charge < -0.3 is 4.90 Å². The van der Waals surface area contributed by atoms with Crippen LogP contribution in [0.15, 0.2) is 96.4 Å². The third-order valence-corrected chi connectivity index (χ3v) is 6.82. The first kappa shape index (κ1) is 20.9. The topological polar surface area (TPSA) is 40.6 Å². The van der Waals surface area contributed by atoms with E-state index < -0.39 is 10.0 Å². The van der Waals surface area contributed by atoms with E-state index in [-0.39, 0.29) is 0 Å². The maximum Gasteiger partial charge on any atom is 0.236 e. The summed E-state index contributed by atoms with van der Waals surface area (Å²) >= 11 is 0. The van der Waals surface area contributed by atoms with Crippen LogP contribution in [-0.2, 0) is 10.0 Å². The van der Waals surface area contributed by atoms with E-state index in [2.05, 4.69) is 53.1 Å². The molecule has 1 fully saturated rings. The van der Waals surface area contributed by atoms with Gasteiger partial charge in [0.1, 0.15) is 0 Å². The highest BCUT2D eigenvalue weighted by molar-refractivity contribution is 7.92. The van der Waals surface area contributed by atoms with Gasteiger partial charge in [0.2, 0.25) is 10.0 Å². The Kier molecular flexibility index (Phi) is 6.51. The van der Waals surface area contributed by atoms with Crippen LogP contribution in [0.2, 0.25) is 0 Å². The largest absolute Gasteiger partial charge is 0.369 e. The molecule has 1 aliphatic rings. The second kappa shape index (κ2) is 9.65. The standard InChI is InChI=1S/C26H24N2O2S/c29-31(30,22-8-7-11-23-9-3-1-4-10-23)28-20-18-27(19-21-28)26-16-14-25(15-17-26)24-12-5-2-6-13-24/h1-6,8-10,12-17,22H,18-21H2. The number of anilines is 1. The lowest BCUT2D eigenvalue weighted by molar-refractivity contribution is 0.390.